The van der Waals surface area contributed by atoms with E-state index in [2.05, 4.69) is 18.9 Å². The van der Waals surface area contributed by atoms with E-state index >= 15 is 0 Å². The van der Waals surface area contributed by atoms with Crippen LogP contribution in [0.2, 0.25) is 0 Å². The molecule has 0 bridgehead atoms. The molecule has 0 aromatic heterocycles. The van der Waals surface area contributed by atoms with Crippen molar-refractivity contribution in [2.75, 3.05) is 6.61 Å². The summed E-state index contributed by atoms with van der Waals surface area (Å²) in [5, 5.41) is 0. The maximum Gasteiger partial charge on any atom is 0.0738 e. The van der Waals surface area contributed by atoms with E-state index in [0.717, 1.165) is 17.7 Å². The lowest BCUT2D eigenvalue weighted by molar-refractivity contribution is 0.122. The molecule has 0 saturated heterocycles. The molecular formula is C12H22N2O. The highest BCUT2D eigenvalue weighted by molar-refractivity contribution is 5.27. The van der Waals surface area contributed by atoms with Gasteiger partial charge in [0.05, 0.1) is 12.7 Å². The molecule has 0 aliphatic carbocycles. The minimum Gasteiger partial charge on any atom is -0.370 e. The van der Waals surface area contributed by atoms with Gasteiger partial charge in [-0.1, -0.05) is 25.2 Å². The number of hydrogen-bond acceptors (Lipinski definition) is 3. The van der Waals surface area contributed by atoms with Crippen LogP contribution in [0.5, 0.6) is 0 Å². The first-order valence-corrected chi connectivity index (χ1v) is 5.23. The fraction of sp³-hybridized carbons (Fsp3) is 0.500. The van der Waals surface area contributed by atoms with Gasteiger partial charge < -0.3 is 10.2 Å². The summed E-state index contributed by atoms with van der Waals surface area (Å²) in [6.07, 6.45) is 6.84. The topological polar surface area (TPSA) is 47.3 Å². The zero-order valence-corrected chi connectivity index (χ0v) is 9.92. The number of nitrogens with one attached hydrogen (secondary N) is 1. The summed E-state index contributed by atoms with van der Waals surface area (Å²) in [6, 6.07) is 0. The maximum atomic E-state index is 5.44. The van der Waals surface area contributed by atoms with Gasteiger partial charge in [-0.25, -0.2) is 0 Å². The molecule has 0 aliphatic rings. The van der Waals surface area contributed by atoms with Crippen LogP contribution in [0.25, 0.3) is 0 Å². The first kappa shape index (κ1) is 13.9. The Labute approximate surface area is 92.7 Å². The zero-order chi connectivity index (χ0) is 11.7. The van der Waals surface area contributed by atoms with E-state index in [4.69, 9.17) is 10.6 Å². The van der Waals surface area contributed by atoms with Gasteiger partial charge in [-0.2, -0.15) is 0 Å². The van der Waals surface area contributed by atoms with Gasteiger partial charge in [0.15, 0.2) is 0 Å². The smallest absolute Gasteiger partial charge is 0.0738 e. The molecule has 3 heteroatoms. The zero-order valence-electron chi connectivity index (χ0n) is 9.92. The van der Waals surface area contributed by atoms with E-state index in [1.807, 2.05) is 26.0 Å². The van der Waals surface area contributed by atoms with Crippen molar-refractivity contribution in [3.63, 3.8) is 0 Å². The molecule has 3 N–H and O–H groups in total. The molecule has 86 valence electrons. The molecule has 0 aliphatic heterocycles. The number of ether oxygens (including phenoxy) is 1. The third-order valence-corrected chi connectivity index (χ3v) is 1.95. The number of nitrogens with two attached hydrogens (primary N) is 1. The van der Waals surface area contributed by atoms with Crippen molar-refractivity contribution < 1.29 is 4.74 Å². The van der Waals surface area contributed by atoms with Gasteiger partial charge in [0.1, 0.15) is 0 Å². The third-order valence-electron chi connectivity index (χ3n) is 1.95. The van der Waals surface area contributed by atoms with Crippen LogP contribution in [0, 0.1) is 0 Å². The lowest BCUT2D eigenvalue weighted by atomic mass is 10.1. The molecule has 3 nitrogen and oxygen atoms in total. The highest BCUT2D eigenvalue weighted by Crippen LogP contribution is 2.08. The van der Waals surface area contributed by atoms with Crippen molar-refractivity contribution in [2.45, 2.75) is 33.3 Å². The molecule has 0 rings (SSSR count). The SMILES string of the molecule is C=CCOC(C)/C=C(C)\C(=C/CC)NN. The molecule has 0 radical (unpaired) electrons. The highest BCUT2D eigenvalue weighted by atomic mass is 16.5. The van der Waals surface area contributed by atoms with Crippen LogP contribution in [0.15, 0.2) is 36.1 Å². The summed E-state index contributed by atoms with van der Waals surface area (Å²) >= 11 is 0. The second-order valence-electron chi connectivity index (χ2n) is 3.35. The van der Waals surface area contributed by atoms with Gasteiger partial charge in [0, 0.05) is 5.70 Å². The summed E-state index contributed by atoms with van der Waals surface area (Å²) in [4.78, 5) is 0. The first-order chi connectivity index (χ1) is 7.15. The summed E-state index contributed by atoms with van der Waals surface area (Å²) in [7, 11) is 0. The molecule has 0 aromatic rings. The van der Waals surface area contributed by atoms with Crippen LogP contribution in [-0.2, 0) is 4.74 Å². The van der Waals surface area contributed by atoms with Crippen molar-refractivity contribution in [1.29, 1.82) is 0 Å². The molecule has 0 saturated carbocycles. The Balaban J connectivity index is 4.37. The van der Waals surface area contributed by atoms with Crippen LogP contribution < -0.4 is 11.3 Å². The molecule has 0 heterocycles. The lowest BCUT2D eigenvalue weighted by Gasteiger charge is -2.11. The van der Waals surface area contributed by atoms with E-state index in [1.165, 1.54) is 0 Å². The molecule has 15 heavy (non-hydrogen) atoms. The Morgan fingerprint density at radius 3 is 2.73 bits per heavy atom. The highest BCUT2D eigenvalue weighted by Gasteiger charge is 2.01. The van der Waals surface area contributed by atoms with Gasteiger partial charge in [-0.05, 0) is 25.8 Å². The van der Waals surface area contributed by atoms with Gasteiger partial charge in [0.2, 0.25) is 0 Å². The van der Waals surface area contributed by atoms with E-state index in [1.54, 1.807) is 6.08 Å². The van der Waals surface area contributed by atoms with E-state index in [-0.39, 0.29) is 6.10 Å². The number of rotatable bonds is 7. The van der Waals surface area contributed by atoms with Crippen molar-refractivity contribution in [2.24, 2.45) is 5.84 Å². The average Bonchev–Trinajstić information content (AvgIpc) is 2.22. The number of hydrogen-bond donors (Lipinski definition) is 2. The van der Waals surface area contributed by atoms with Crippen molar-refractivity contribution in [3.05, 3.63) is 36.1 Å². The summed E-state index contributed by atoms with van der Waals surface area (Å²) < 4.78 is 5.44. The van der Waals surface area contributed by atoms with E-state index < -0.39 is 0 Å². The van der Waals surface area contributed by atoms with Gasteiger partial charge >= 0.3 is 0 Å². The Kier molecular flexibility index (Phi) is 7.68. The standard InChI is InChI=1S/C12H22N2O/c1-5-7-12(14-13)10(3)9-11(4)15-8-6-2/h6-7,9,11,14H,2,5,8,13H2,1,3-4H3/b10-9-,12-7+. The largest absolute Gasteiger partial charge is 0.370 e. The normalized spacial score (nSPS) is 14.9. The van der Waals surface area contributed by atoms with Gasteiger partial charge in [0.25, 0.3) is 0 Å². The van der Waals surface area contributed by atoms with Crippen LogP contribution >= 0.6 is 0 Å². The van der Waals surface area contributed by atoms with E-state index in [9.17, 15) is 0 Å². The average molecular weight is 210 g/mol. The summed E-state index contributed by atoms with van der Waals surface area (Å²) in [5.74, 6) is 5.42. The van der Waals surface area contributed by atoms with Gasteiger partial charge in [-0.15, -0.1) is 6.58 Å². The molecule has 0 spiro atoms. The molecule has 0 amide bonds. The molecule has 1 atom stereocenters. The maximum absolute atomic E-state index is 5.44. The van der Waals surface area contributed by atoms with Crippen molar-refractivity contribution >= 4 is 0 Å². The van der Waals surface area contributed by atoms with Gasteiger partial charge in [-0.3, -0.25) is 5.84 Å². The Morgan fingerprint density at radius 2 is 2.27 bits per heavy atom. The van der Waals surface area contributed by atoms with Crippen molar-refractivity contribution in [3.8, 4) is 0 Å². The third kappa shape index (κ3) is 6.10. The molecule has 1 unspecified atom stereocenters. The van der Waals surface area contributed by atoms with Crippen LogP contribution in [-0.4, -0.2) is 12.7 Å². The number of hydrazine groups is 1. The minimum atomic E-state index is 0.0663. The molecule has 0 aromatic carbocycles. The van der Waals surface area contributed by atoms with Crippen LogP contribution in [0.4, 0.5) is 0 Å². The second-order valence-corrected chi connectivity index (χ2v) is 3.35. The monoisotopic (exact) mass is 210 g/mol. The lowest BCUT2D eigenvalue weighted by Crippen LogP contribution is -2.22. The fourth-order valence-corrected chi connectivity index (χ4v) is 1.25. The molecular weight excluding hydrogens is 188 g/mol. The first-order valence-electron chi connectivity index (χ1n) is 5.23. The Hall–Kier alpha value is -1.06. The Morgan fingerprint density at radius 1 is 1.60 bits per heavy atom. The predicted octanol–water partition coefficient (Wildman–Crippen LogP) is 2.28. The second kappa shape index (κ2) is 8.26. The minimum absolute atomic E-state index is 0.0663. The summed E-state index contributed by atoms with van der Waals surface area (Å²) in [6.45, 7) is 10.2. The Bertz CT molecular complexity index is 244. The van der Waals surface area contributed by atoms with Crippen molar-refractivity contribution in [1.82, 2.24) is 5.43 Å². The predicted molar refractivity (Wildman–Crippen MR) is 65.1 cm³/mol. The molecule has 0 fully saturated rings. The van der Waals surface area contributed by atoms with Crippen LogP contribution in [0.1, 0.15) is 27.2 Å². The van der Waals surface area contributed by atoms with E-state index in [0.29, 0.717) is 6.61 Å². The number of allylic oxidation sites excluding steroid dienone is 2. The fourth-order valence-electron chi connectivity index (χ4n) is 1.25. The quantitative estimate of drug-likeness (QED) is 0.293. The summed E-state index contributed by atoms with van der Waals surface area (Å²) in [5.41, 5.74) is 4.73. The van der Waals surface area contributed by atoms with Crippen LogP contribution in [0.3, 0.4) is 0 Å².